The van der Waals surface area contributed by atoms with Crippen molar-refractivity contribution < 1.29 is 33.3 Å². The highest BCUT2D eigenvalue weighted by molar-refractivity contribution is 5.85. The zero-order valence-electron chi connectivity index (χ0n) is 18.3. The van der Waals surface area contributed by atoms with Crippen LogP contribution in [0.2, 0.25) is 0 Å². The zero-order chi connectivity index (χ0) is 22.1. The highest BCUT2D eigenvalue weighted by Gasteiger charge is 2.33. The van der Waals surface area contributed by atoms with Crippen molar-refractivity contribution in [3.63, 3.8) is 0 Å². The first-order valence-corrected chi connectivity index (χ1v) is 10.0. The molecule has 0 spiro atoms. The van der Waals surface area contributed by atoms with E-state index in [0.29, 0.717) is 42.3 Å². The summed E-state index contributed by atoms with van der Waals surface area (Å²) in [5, 5.41) is 3.32. The molecule has 1 aliphatic heterocycles. The van der Waals surface area contributed by atoms with Crippen molar-refractivity contribution in [2.75, 3.05) is 41.0 Å². The molecule has 2 rings (SSSR count). The minimum atomic E-state index is -0.876. The van der Waals surface area contributed by atoms with E-state index in [1.807, 2.05) is 13.0 Å². The molecule has 1 aliphatic rings. The largest absolute Gasteiger partial charge is 0.496 e. The van der Waals surface area contributed by atoms with Gasteiger partial charge in [-0.3, -0.25) is 4.79 Å². The van der Waals surface area contributed by atoms with Gasteiger partial charge in [-0.2, -0.15) is 0 Å². The molecule has 0 aromatic heterocycles. The lowest BCUT2D eigenvalue weighted by Crippen LogP contribution is -2.37. The SMILES string of the molecule is CCOC(=O)C1Oc2c(OC)ccc(OC)c2C=C1CNCC[C@H](C)CC(=O)OC. The minimum absolute atomic E-state index is 0.187. The Kier molecular flexibility index (Phi) is 8.98. The third-order valence-corrected chi connectivity index (χ3v) is 4.85. The second-order valence-corrected chi connectivity index (χ2v) is 7.03. The molecule has 2 atom stereocenters. The molecule has 1 aromatic rings. The van der Waals surface area contributed by atoms with E-state index in [-0.39, 0.29) is 18.5 Å². The van der Waals surface area contributed by atoms with Crippen LogP contribution in [-0.2, 0) is 19.1 Å². The number of hydrogen-bond donors (Lipinski definition) is 1. The molecule has 0 bridgehead atoms. The number of carbonyl (C=O) groups excluding carboxylic acids is 2. The fourth-order valence-corrected chi connectivity index (χ4v) is 3.23. The number of nitrogens with one attached hydrogen (secondary N) is 1. The van der Waals surface area contributed by atoms with Crippen LogP contribution in [0.25, 0.3) is 6.08 Å². The predicted molar refractivity (Wildman–Crippen MR) is 112 cm³/mol. The Morgan fingerprint density at radius 2 is 1.87 bits per heavy atom. The second-order valence-electron chi connectivity index (χ2n) is 7.03. The Morgan fingerprint density at radius 1 is 1.17 bits per heavy atom. The summed E-state index contributed by atoms with van der Waals surface area (Å²) < 4.78 is 26.8. The summed E-state index contributed by atoms with van der Waals surface area (Å²) in [5.41, 5.74) is 1.45. The van der Waals surface area contributed by atoms with Crippen molar-refractivity contribution in [1.29, 1.82) is 0 Å². The lowest BCUT2D eigenvalue weighted by Gasteiger charge is -2.28. The maximum Gasteiger partial charge on any atom is 0.351 e. The van der Waals surface area contributed by atoms with Gasteiger partial charge in [0.2, 0.25) is 6.10 Å². The molecule has 0 saturated carbocycles. The van der Waals surface area contributed by atoms with E-state index in [2.05, 4.69) is 5.32 Å². The van der Waals surface area contributed by atoms with Gasteiger partial charge in [0, 0.05) is 13.0 Å². The average Bonchev–Trinajstić information content (AvgIpc) is 2.75. The van der Waals surface area contributed by atoms with Crippen LogP contribution in [0.1, 0.15) is 32.3 Å². The van der Waals surface area contributed by atoms with Crippen molar-refractivity contribution in [3.8, 4) is 17.2 Å². The maximum atomic E-state index is 12.5. The molecule has 0 radical (unpaired) electrons. The van der Waals surface area contributed by atoms with Crippen LogP contribution in [-0.4, -0.2) is 59.1 Å². The van der Waals surface area contributed by atoms with Gasteiger partial charge in [0.15, 0.2) is 11.5 Å². The van der Waals surface area contributed by atoms with Gasteiger partial charge < -0.3 is 29.0 Å². The molecule has 1 N–H and O–H groups in total. The minimum Gasteiger partial charge on any atom is -0.496 e. The lowest BCUT2D eigenvalue weighted by molar-refractivity contribution is -0.149. The van der Waals surface area contributed by atoms with Gasteiger partial charge in [0.1, 0.15) is 5.75 Å². The third-order valence-electron chi connectivity index (χ3n) is 4.85. The Hall–Kier alpha value is -2.74. The monoisotopic (exact) mass is 421 g/mol. The lowest BCUT2D eigenvalue weighted by atomic mass is 9.99. The number of fused-ring (bicyclic) bond motifs is 1. The van der Waals surface area contributed by atoms with Crippen LogP contribution in [0.4, 0.5) is 0 Å². The van der Waals surface area contributed by atoms with Crippen molar-refractivity contribution >= 4 is 18.0 Å². The van der Waals surface area contributed by atoms with Crippen LogP contribution >= 0.6 is 0 Å². The topological polar surface area (TPSA) is 92.3 Å². The highest BCUT2D eigenvalue weighted by Crippen LogP contribution is 2.43. The number of methoxy groups -OCH3 is 3. The fourth-order valence-electron chi connectivity index (χ4n) is 3.23. The van der Waals surface area contributed by atoms with E-state index >= 15 is 0 Å². The van der Waals surface area contributed by atoms with E-state index in [0.717, 1.165) is 12.0 Å². The summed E-state index contributed by atoms with van der Waals surface area (Å²) >= 11 is 0. The van der Waals surface area contributed by atoms with Gasteiger partial charge in [0.25, 0.3) is 0 Å². The standard InChI is InChI=1S/C22H31NO7/c1-6-29-22(25)20-15(13-23-10-9-14(2)11-19(24)28-5)12-16-17(26-3)7-8-18(27-4)21(16)30-20/h7-8,12,14,20,23H,6,9-11,13H2,1-5H3/t14-,20?/m0/s1. The molecule has 1 heterocycles. The summed E-state index contributed by atoms with van der Waals surface area (Å²) in [4.78, 5) is 23.9. The summed E-state index contributed by atoms with van der Waals surface area (Å²) in [6.45, 7) is 5.10. The number of hydrogen-bond acceptors (Lipinski definition) is 8. The number of benzene rings is 1. The molecular formula is C22H31NO7. The third kappa shape index (κ3) is 5.89. The number of carbonyl (C=O) groups is 2. The fraction of sp³-hybridized carbons (Fsp3) is 0.545. The average molecular weight is 421 g/mol. The van der Waals surface area contributed by atoms with Gasteiger partial charge >= 0.3 is 11.9 Å². The van der Waals surface area contributed by atoms with E-state index in [4.69, 9.17) is 23.7 Å². The molecular weight excluding hydrogens is 390 g/mol. The maximum absolute atomic E-state index is 12.5. The number of rotatable bonds is 11. The summed E-state index contributed by atoms with van der Waals surface area (Å²) in [6, 6.07) is 3.53. The van der Waals surface area contributed by atoms with Crippen molar-refractivity contribution in [2.45, 2.75) is 32.8 Å². The highest BCUT2D eigenvalue weighted by atomic mass is 16.6. The Balaban J connectivity index is 2.16. The molecule has 1 unspecified atom stereocenters. The molecule has 8 heteroatoms. The van der Waals surface area contributed by atoms with E-state index in [9.17, 15) is 9.59 Å². The van der Waals surface area contributed by atoms with Crippen molar-refractivity contribution in [2.24, 2.45) is 5.92 Å². The van der Waals surface area contributed by atoms with E-state index < -0.39 is 12.1 Å². The smallest absolute Gasteiger partial charge is 0.351 e. The van der Waals surface area contributed by atoms with Gasteiger partial charge in [-0.1, -0.05) is 6.92 Å². The Morgan fingerprint density at radius 3 is 2.50 bits per heavy atom. The summed E-state index contributed by atoms with van der Waals surface area (Å²) in [6.07, 6.45) is 2.17. The van der Waals surface area contributed by atoms with Gasteiger partial charge in [-0.25, -0.2) is 4.79 Å². The number of ether oxygens (including phenoxy) is 5. The predicted octanol–water partition coefficient (Wildman–Crippen LogP) is 2.59. The van der Waals surface area contributed by atoms with Gasteiger partial charge in [0.05, 0.1) is 33.5 Å². The molecule has 0 amide bonds. The quantitative estimate of drug-likeness (QED) is 0.431. The Labute approximate surface area is 177 Å². The first kappa shape index (κ1) is 23.5. The summed E-state index contributed by atoms with van der Waals surface area (Å²) in [5.74, 6) is 1.10. The van der Waals surface area contributed by atoms with Crippen LogP contribution in [0.15, 0.2) is 17.7 Å². The van der Waals surface area contributed by atoms with E-state index in [1.165, 1.54) is 7.11 Å². The first-order chi connectivity index (χ1) is 14.4. The first-order valence-electron chi connectivity index (χ1n) is 10.0. The van der Waals surface area contributed by atoms with Gasteiger partial charge in [-0.15, -0.1) is 0 Å². The zero-order valence-corrected chi connectivity index (χ0v) is 18.3. The van der Waals surface area contributed by atoms with E-state index in [1.54, 1.807) is 33.3 Å². The molecule has 8 nitrogen and oxygen atoms in total. The molecule has 0 aliphatic carbocycles. The molecule has 1 aromatic carbocycles. The van der Waals surface area contributed by atoms with Crippen LogP contribution in [0, 0.1) is 5.92 Å². The summed E-state index contributed by atoms with van der Waals surface area (Å²) in [7, 11) is 4.51. The second kappa shape index (κ2) is 11.4. The van der Waals surface area contributed by atoms with Crippen molar-refractivity contribution in [3.05, 3.63) is 23.3 Å². The normalized spacial score (nSPS) is 15.9. The molecule has 166 valence electrons. The number of esters is 2. The van der Waals surface area contributed by atoms with Crippen LogP contribution < -0.4 is 19.5 Å². The molecule has 0 saturated heterocycles. The van der Waals surface area contributed by atoms with Crippen LogP contribution in [0.5, 0.6) is 17.2 Å². The molecule has 0 fully saturated rings. The van der Waals surface area contributed by atoms with Crippen LogP contribution in [0.3, 0.4) is 0 Å². The Bertz CT molecular complexity index is 775. The van der Waals surface area contributed by atoms with Crippen molar-refractivity contribution in [1.82, 2.24) is 5.32 Å². The molecule has 30 heavy (non-hydrogen) atoms. The van der Waals surface area contributed by atoms with Gasteiger partial charge in [-0.05, 0) is 49.6 Å².